The maximum Gasteiger partial charge on any atom is 0.261 e. The van der Waals surface area contributed by atoms with Crippen LogP contribution in [0.4, 0.5) is 0 Å². The molecular weight excluding hydrogens is 471 g/mol. The molecule has 3 aromatic carbocycles. The molecule has 0 aliphatic carbocycles. The Hall–Kier alpha value is -2.76. The van der Waals surface area contributed by atoms with Crippen molar-refractivity contribution in [2.24, 2.45) is 0 Å². The van der Waals surface area contributed by atoms with Gasteiger partial charge in [0.05, 0.1) is 10.0 Å². The Morgan fingerprint density at radius 3 is 2.41 bits per heavy atom. The van der Waals surface area contributed by atoms with Crippen LogP contribution >= 0.6 is 23.2 Å². The molecule has 5 nitrogen and oxygen atoms in total. The number of nitrogens with one attached hydrogen (secondary N) is 1. The third-order valence-corrected chi connectivity index (χ3v) is 6.56. The Labute approximate surface area is 211 Å². The van der Waals surface area contributed by atoms with Gasteiger partial charge in [-0.05, 0) is 48.9 Å². The fourth-order valence-corrected chi connectivity index (χ4v) is 4.06. The average Bonchev–Trinajstić information content (AvgIpc) is 2.84. The van der Waals surface area contributed by atoms with Crippen LogP contribution < -0.4 is 10.1 Å². The largest absolute Gasteiger partial charge is 0.483 e. The molecule has 0 bridgehead atoms. The zero-order valence-electron chi connectivity index (χ0n) is 19.7. The number of nitrogens with zero attached hydrogens (tertiary/aromatic N) is 1. The quantitative estimate of drug-likeness (QED) is 0.358. The third kappa shape index (κ3) is 6.43. The summed E-state index contributed by atoms with van der Waals surface area (Å²) in [6.07, 6.45) is 1.26. The molecule has 0 spiro atoms. The highest BCUT2D eigenvalue weighted by Gasteiger charge is 2.29. The van der Waals surface area contributed by atoms with Crippen LogP contribution in [0.2, 0.25) is 10.0 Å². The number of rotatable bonds is 10. The van der Waals surface area contributed by atoms with Crippen LogP contribution in [0.5, 0.6) is 5.75 Å². The molecule has 0 aliphatic rings. The Morgan fingerprint density at radius 2 is 1.71 bits per heavy atom. The maximum absolute atomic E-state index is 13.4. The first-order valence-corrected chi connectivity index (χ1v) is 12.2. The van der Waals surface area contributed by atoms with Crippen molar-refractivity contribution in [1.82, 2.24) is 10.2 Å². The number of ether oxygens (including phenoxy) is 1. The highest BCUT2D eigenvalue weighted by Crippen LogP contribution is 2.26. The lowest BCUT2D eigenvalue weighted by Crippen LogP contribution is -2.51. The standard InChI is InChI=1S/C27H30Cl2N2O3/c1-4-18(3)30-27(33)24(5-2)31(16-19-13-14-22(28)23(29)15-19)26(32)17-34-25-12-8-10-20-9-6-7-11-21(20)25/h6-15,18,24H,4-5,16-17H2,1-3H3,(H,30,33). The van der Waals surface area contributed by atoms with Gasteiger partial charge >= 0.3 is 0 Å². The summed E-state index contributed by atoms with van der Waals surface area (Å²) in [5.41, 5.74) is 0.780. The van der Waals surface area contributed by atoms with Gasteiger partial charge in [0, 0.05) is 18.0 Å². The van der Waals surface area contributed by atoms with Crippen LogP contribution in [0.15, 0.2) is 60.7 Å². The second kappa shape index (κ2) is 12.1. The van der Waals surface area contributed by atoms with E-state index in [1.54, 1.807) is 23.1 Å². The monoisotopic (exact) mass is 500 g/mol. The van der Waals surface area contributed by atoms with Gasteiger partial charge in [0.2, 0.25) is 5.91 Å². The van der Waals surface area contributed by atoms with Gasteiger partial charge < -0.3 is 15.0 Å². The number of hydrogen-bond acceptors (Lipinski definition) is 3. The number of carbonyl (C=O) groups is 2. The van der Waals surface area contributed by atoms with E-state index in [1.165, 1.54) is 0 Å². The van der Waals surface area contributed by atoms with E-state index in [2.05, 4.69) is 5.32 Å². The predicted molar refractivity (Wildman–Crippen MR) is 138 cm³/mol. The number of hydrogen-bond donors (Lipinski definition) is 1. The molecule has 0 aliphatic heterocycles. The molecule has 2 unspecified atom stereocenters. The fourth-order valence-electron chi connectivity index (χ4n) is 3.74. The molecule has 0 heterocycles. The van der Waals surface area contributed by atoms with Crippen LogP contribution in [-0.2, 0) is 16.1 Å². The Morgan fingerprint density at radius 1 is 0.971 bits per heavy atom. The van der Waals surface area contributed by atoms with Gasteiger partial charge in [0.1, 0.15) is 11.8 Å². The molecule has 3 aromatic rings. The molecule has 0 fully saturated rings. The molecule has 2 amide bonds. The SMILES string of the molecule is CCC(C)NC(=O)C(CC)N(Cc1ccc(Cl)c(Cl)c1)C(=O)COc1cccc2ccccc12. The zero-order valence-corrected chi connectivity index (χ0v) is 21.2. The minimum atomic E-state index is -0.646. The molecule has 1 N–H and O–H groups in total. The van der Waals surface area contributed by atoms with Gasteiger partial charge in [-0.3, -0.25) is 9.59 Å². The van der Waals surface area contributed by atoms with Gasteiger partial charge in [-0.15, -0.1) is 0 Å². The van der Waals surface area contributed by atoms with E-state index in [-0.39, 0.29) is 31.0 Å². The van der Waals surface area contributed by atoms with Crippen molar-refractivity contribution in [2.45, 2.75) is 52.2 Å². The maximum atomic E-state index is 13.4. The minimum Gasteiger partial charge on any atom is -0.483 e. The molecule has 0 radical (unpaired) electrons. The molecule has 0 saturated heterocycles. The van der Waals surface area contributed by atoms with Crippen LogP contribution in [-0.4, -0.2) is 35.4 Å². The highest BCUT2D eigenvalue weighted by atomic mass is 35.5. The minimum absolute atomic E-state index is 0.00964. The summed E-state index contributed by atoms with van der Waals surface area (Å²) in [4.78, 5) is 28.0. The Kier molecular flexibility index (Phi) is 9.20. The third-order valence-electron chi connectivity index (χ3n) is 5.82. The average molecular weight is 501 g/mol. The first kappa shape index (κ1) is 25.9. The highest BCUT2D eigenvalue weighted by molar-refractivity contribution is 6.42. The van der Waals surface area contributed by atoms with E-state index >= 15 is 0 Å². The van der Waals surface area contributed by atoms with Crippen molar-refractivity contribution < 1.29 is 14.3 Å². The van der Waals surface area contributed by atoms with Gasteiger partial charge in [-0.2, -0.15) is 0 Å². The molecule has 180 valence electrons. The molecule has 0 saturated carbocycles. The second-order valence-electron chi connectivity index (χ2n) is 8.28. The summed E-state index contributed by atoms with van der Waals surface area (Å²) in [5, 5.41) is 5.79. The van der Waals surface area contributed by atoms with Crippen molar-refractivity contribution in [1.29, 1.82) is 0 Å². The van der Waals surface area contributed by atoms with Crippen LogP contribution in [0.1, 0.15) is 39.2 Å². The van der Waals surface area contributed by atoms with Crippen LogP contribution in [0.3, 0.4) is 0 Å². The number of carbonyl (C=O) groups excluding carboxylic acids is 2. The van der Waals surface area contributed by atoms with Crippen molar-refractivity contribution in [3.8, 4) is 5.75 Å². The normalized spacial score (nSPS) is 12.7. The predicted octanol–water partition coefficient (Wildman–Crippen LogP) is 6.25. The lowest BCUT2D eigenvalue weighted by molar-refractivity contribution is -0.143. The van der Waals surface area contributed by atoms with Crippen LogP contribution in [0.25, 0.3) is 10.8 Å². The molecule has 3 rings (SSSR count). The Bertz CT molecular complexity index is 1150. The number of fused-ring (bicyclic) bond motifs is 1. The van der Waals surface area contributed by atoms with Crippen molar-refractivity contribution >= 4 is 45.8 Å². The first-order valence-electron chi connectivity index (χ1n) is 11.5. The summed E-state index contributed by atoms with van der Waals surface area (Å²) in [6.45, 7) is 5.85. The smallest absolute Gasteiger partial charge is 0.261 e. The fraction of sp³-hybridized carbons (Fsp3) is 0.333. The van der Waals surface area contributed by atoms with E-state index in [0.29, 0.717) is 22.2 Å². The van der Waals surface area contributed by atoms with Crippen molar-refractivity contribution in [2.75, 3.05) is 6.61 Å². The second-order valence-corrected chi connectivity index (χ2v) is 9.09. The molecular formula is C27H30Cl2N2O3. The summed E-state index contributed by atoms with van der Waals surface area (Å²) >= 11 is 12.3. The van der Waals surface area contributed by atoms with Crippen molar-refractivity contribution in [3.05, 3.63) is 76.3 Å². The summed E-state index contributed by atoms with van der Waals surface area (Å²) < 4.78 is 5.95. The summed E-state index contributed by atoms with van der Waals surface area (Å²) in [6, 6.07) is 18.1. The van der Waals surface area contributed by atoms with E-state index < -0.39 is 6.04 Å². The molecule has 2 atom stereocenters. The molecule has 34 heavy (non-hydrogen) atoms. The topological polar surface area (TPSA) is 58.6 Å². The van der Waals surface area contributed by atoms with Gasteiger partial charge in [-0.25, -0.2) is 0 Å². The lowest BCUT2D eigenvalue weighted by atomic mass is 10.1. The van der Waals surface area contributed by atoms with Gasteiger partial charge in [-0.1, -0.05) is 79.5 Å². The molecule has 7 heteroatoms. The van der Waals surface area contributed by atoms with E-state index in [4.69, 9.17) is 27.9 Å². The number of halogens is 2. The summed E-state index contributed by atoms with van der Waals surface area (Å²) in [5.74, 6) is 0.152. The van der Waals surface area contributed by atoms with E-state index in [0.717, 1.165) is 22.8 Å². The molecule has 0 aromatic heterocycles. The number of amides is 2. The summed E-state index contributed by atoms with van der Waals surface area (Å²) in [7, 11) is 0. The van der Waals surface area contributed by atoms with E-state index in [9.17, 15) is 9.59 Å². The first-order chi connectivity index (χ1) is 16.3. The van der Waals surface area contributed by atoms with Gasteiger partial charge in [0.15, 0.2) is 6.61 Å². The lowest BCUT2D eigenvalue weighted by Gasteiger charge is -2.31. The van der Waals surface area contributed by atoms with E-state index in [1.807, 2.05) is 63.2 Å². The van der Waals surface area contributed by atoms with Crippen LogP contribution in [0, 0.1) is 0 Å². The Balaban J connectivity index is 1.85. The number of benzene rings is 3. The van der Waals surface area contributed by atoms with Gasteiger partial charge in [0.25, 0.3) is 5.91 Å². The zero-order chi connectivity index (χ0) is 24.7. The van der Waals surface area contributed by atoms with Crippen molar-refractivity contribution in [3.63, 3.8) is 0 Å².